The molecule has 5 heteroatoms. The second kappa shape index (κ2) is 5.23. The zero-order valence-corrected chi connectivity index (χ0v) is 10.2. The van der Waals surface area contributed by atoms with Crippen molar-refractivity contribution in [2.45, 2.75) is 12.8 Å². The summed E-state index contributed by atoms with van der Waals surface area (Å²) in [5.74, 6) is 0. The Morgan fingerprint density at radius 3 is 2.75 bits per heavy atom. The van der Waals surface area contributed by atoms with E-state index in [0.29, 0.717) is 12.8 Å². The Morgan fingerprint density at radius 2 is 2.06 bits per heavy atom. The van der Waals surface area contributed by atoms with E-state index >= 15 is 0 Å². The van der Waals surface area contributed by atoms with Crippen molar-refractivity contribution in [2.24, 2.45) is 0 Å². The molecule has 0 saturated carbocycles. The van der Waals surface area contributed by atoms with Crippen LogP contribution in [0.5, 0.6) is 0 Å². The number of aryl methyl sites for hydroxylation is 1. The number of carbonyl (C=O) groups is 1. The van der Waals surface area contributed by atoms with Gasteiger partial charge in [-0.2, -0.15) is 0 Å². The maximum absolute atomic E-state index is 10.8. The number of nitrogens with zero attached hydrogens (tertiary/aromatic N) is 2. The topological polar surface area (TPSA) is 42.9 Å². The van der Waals surface area contributed by atoms with Gasteiger partial charge >= 0.3 is 0 Å². The van der Waals surface area contributed by atoms with Gasteiger partial charge in [0.1, 0.15) is 0 Å². The number of benzene rings is 1. The van der Waals surface area contributed by atoms with Crippen molar-refractivity contribution in [3.05, 3.63) is 36.0 Å². The summed E-state index contributed by atoms with van der Waals surface area (Å²) in [6.45, 7) is 0. The molecule has 0 aliphatic heterocycles. The molecule has 0 amide bonds. The molecule has 82 valence electrons. The quantitative estimate of drug-likeness (QED) is 0.848. The lowest BCUT2D eigenvalue weighted by Crippen LogP contribution is -1.94. The van der Waals surface area contributed by atoms with Crippen molar-refractivity contribution in [3.63, 3.8) is 0 Å². The highest BCUT2D eigenvalue weighted by atomic mass is 32.1. The molecule has 0 fully saturated rings. The van der Waals surface area contributed by atoms with Gasteiger partial charge in [-0.3, -0.25) is 4.79 Å². The second-order valence-electron chi connectivity index (χ2n) is 3.31. The smallest absolute Gasteiger partial charge is 0.186 e. The summed E-state index contributed by atoms with van der Waals surface area (Å²) in [5.41, 5.74) is 1.97. The summed E-state index contributed by atoms with van der Waals surface area (Å²) in [6.07, 6.45) is 0.997. The lowest BCUT2D eigenvalue weighted by molar-refractivity contribution is -0.110. The molecule has 2 aromatic rings. The number of thiol groups is 1. The van der Waals surface area contributed by atoms with E-state index in [4.69, 9.17) is 0 Å². The van der Waals surface area contributed by atoms with Crippen molar-refractivity contribution >= 4 is 29.3 Å². The van der Waals surface area contributed by atoms with Crippen LogP contribution >= 0.6 is 24.2 Å². The molecule has 3 nitrogen and oxygen atoms in total. The number of hydrogen-bond acceptors (Lipinski definition) is 4. The third-order valence-corrected chi connectivity index (χ3v) is 3.21. The van der Waals surface area contributed by atoms with Gasteiger partial charge < -0.3 is 0 Å². The van der Waals surface area contributed by atoms with Crippen molar-refractivity contribution < 1.29 is 4.79 Å². The molecule has 2 rings (SSSR count). The highest BCUT2D eigenvalue weighted by molar-refractivity contribution is 7.96. The van der Waals surface area contributed by atoms with E-state index in [-0.39, 0.29) is 5.12 Å². The second-order valence-corrected chi connectivity index (χ2v) is 4.56. The Kier molecular flexibility index (Phi) is 3.69. The summed E-state index contributed by atoms with van der Waals surface area (Å²) < 4.78 is 3.93. The third-order valence-electron chi connectivity index (χ3n) is 2.17. The van der Waals surface area contributed by atoms with Gasteiger partial charge in [-0.1, -0.05) is 34.8 Å². The van der Waals surface area contributed by atoms with Crippen LogP contribution < -0.4 is 0 Å². The van der Waals surface area contributed by atoms with Crippen molar-refractivity contribution in [1.82, 2.24) is 9.59 Å². The zero-order valence-electron chi connectivity index (χ0n) is 8.46. The Morgan fingerprint density at radius 1 is 1.31 bits per heavy atom. The Hall–Kier alpha value is -1.20. The van der Waals surface area contributed by atoms with Crippen LogP contribution in [0.15, 0.2) is 30.3 Å². The largest absolute Gasteiger partial charge is 0.287 e. The molecule has 1 aromatic heterocycles. The van der Waals surface area contributed by atoms with E-state index in [1.807, 2.05) is 30.3 Å². The van der Waals surface area contributed by atoms with Crippen LogP contribution in [-0.2, 0) is 11.2 Å². The summed E-state index contributed by atoms with van der Waals surface area (Å²) in [7, 11) is 0. The van der Waals surface area contributed by atoms with Gasteiger partial charge in [0.05, 0.1) is 10.6 Å². The first-order valence-corrected chi connectivity index (χ1v) is 6.08. The maximum Gasteiger partial charge on any atom is 0.186 e. The van der Waals surface area contributed by atoms with Crippen molar-refractivity contribution in [1.29, 1.82) is 0 Å². The molecule has 0 radical (unpaired) electrons. The lowest BCUT2D eigenvalue weighted by atomic mass is 10.1. The van der Waals surface area contributed by atoms with Crippen molar-refractivity contribution in [2.75, 3.05) is 0 Å². The molecule has 0 saturated heterocycles. The third kappa shape index (κ3) is 2.68. The standard InChI is InChI=1S/C11H10N2OS2/c14-10(15)7-6-9-11(16-13-12-9)8-4-2-1-3-5-8/h1-5H,6-7H2,(H,14,15). The maximum atomic E-state index is 10.8. The average Bonchev–Trinajstić information content (AvgIpc) is 2.75. The lowest BCUT2D eigenvalue weighted by Gasteiger charge is -1.99. The molecule has 0 aliphatic rings. The molecule has 0 bridgehead atoms. The van der Waals surface area contributed by atoms with Crippen LogP contribution in [0.25, 0.3) is 10.4 Å². The van der Waals surface area contributed by atoms with Gasteiger partial charge in [-0.25, -0.2) is 0 Å². The summed E-state index contributed by atoms with van der Waals surface area (Å²) in [4.78, 5) is 11.8. The van der Waals surface area contributed by atoms with E-state index in [0.717, 1.165) is 16.1 Å². The van der Waals surface area contributed by atoms with E-state index in [2.05, 4.69) is 22.2 Å². The van der Waals surface area contributed by atoms with Gasteiger partial charge in [0.25, 0.3) is 0 Å². The summed E-state index contributed by atoms with van der Waals surface area (Å²) >= 11 is 5.10. The summed E-state index contributed by atoms with van der Waals surface area (Å²) in [6, 6.07) is 9.95. The SMILES string of the molecule is O=C(S)CCc1nnsc1-c1ccccc1. The van der Waals surface area contributed by atoms with Crippen LogP contribution in [0.3, 0.4) is 0 Å². The first kappa shape index (κ1) is 11.3. The van der Waals surface area contributed by atoms with Gasteiger partial charge in [-0.05, 0) is 17.1 Å². The van der Waals surface area contributed by atoms with Crippen LogP contribution in [0.4, 0.5) is 0 Å². The van der Waals surface area contributed by atoms with Crippen LogP contribution in [0.1, 0.15) is 12.1 Å². The molecular formula is C11H10N2OS2. The summed E-state index contributed by atoms with van der Waals surface area (Å²) in [5, 5.41) is 3.93. The molecule has 0 unspecified atom stereocenters. The Balaban J connectivity index is 2.23. The predicted molar refractivity (Wildman–Crippen MR) is 67.7 cm³/mol. The fourth-order valence-electron chi connectivity index (χ4n) is 1.41. The first-order valence-electron chi connectivity index (χ1n) is 4.86. The molecule has 0 N–H and O–H groups in total. The van der Waals surface area contributed by atoms with Gasteiger partial charge in [0.2, 0.25) is 0 Å². The molecular weight excluding hydrogens is 240 g/mol. The van der Waals surface area contributed by atoms with E-state index in [1.165, 1.54) is 11.5 Å². The fourth-order valence-corrected chi connectivity index (χ4v) is 2.23. The highest BCUT2D eigenvalue weighted by Crippen LogP contribution is 2.26. The average molecular weight is 250 g/mol. The number of aromatic nitrogens is 2. The van der Waals surface area contributed by atoms with Gasteiger partial charge in [0, 0.05) is 12.8 Å². The van der Waals surface area contributed by atoms with Gasteiger partial charge in [0.15, 0.2) is 5.12 Å². The van der Waals surface area contributed by atoms with Crippen molar-refractivity contribution in [3.8, 4) is 10.4 Å². The first-order chi connectivity index (χ1) is 7.77. The van der Waals surface area contributed by atoms with E-state index < -0.39 is 0 Å². The Labute approximate surface area is 103 Å². The molecule has 1 heterocycles. The highest BCUT2D eigenvalue weighted by Gasteiger charge is 2.10. The van der Waals surface area contributed by atoms with E-state index in [9.17, 15) is 4.79 Å². The molecule has 0 spiro atoms. The monoisotopic (exact) mass is 250 g/mol. The number of rotatable bonds is 4. The number of carbonyl (C=O) groups excluding carboxylic acids is 1. The predicted octanol–water partition coefficient (Wildman–Crippen LogP) is 2.59. The fraction of sp³-hybridized carbons (Fsp3) is 0.182. The normalized spacial score (nSPS) is 10.3. The molecule has 0 aliphatic carbocycles. The van der Waals surface area contributed by atoms with Crippen LogP contribution in [0.2, 0.25) is 0 Å². The minimum absolute atomic E-state index is 0.119. The van der Waals surface area contributed by atoms with Crippen LogP contribution in [0, 0.1) is 0 Å². The molecule has 0 atom stereocenters. The minimum atomic E-state index is -0.119. The van der Waals surface area contributed by atoms with Gasteiger partial charge in [-0.15, -0.1) is 17.7 Å². The minimum Gasteiger partial charge on any atom is -0.287 e. The molecule has 1 aromatic carbocycles. The zero-order chi connectivity index (χ0) is 11.4. The van der Waals surface area contributed by atoms with Crippen LogP contribution in [-0.4, -0.2) is 14.7 Å². The van der Waals surface area contributed by atoms with E-state index in [1.54, 1.807) is 0 Å². The Bertz CT molecular complexity index is 482. The molecule has 16 heavy (non-hydrogen) atoms. The number of hydrogen-bond donors (Lipinski definition) is 1.